The maximum Gasteiger partial charge on any atom is 0.154 e. The van der Waals surface area contributed by atoms with E-state index in [0.717, 1.165) is 36.7 Å². The van der Waals surface area contributed by atoms with Crippen LogP contribution in [0.2, 0.25) is 0 Å². The lowest BCUT2D eigenvalue weighted by Crippen LogP contribution is -2.13. The van der Waals surface area contributed by atoms with Gasteiger partial charge in [-0.05, 0) is 32.0 Å². The third-order valence-electron chi connectivity index (χ3n) is 2.62. The predicted molar refractivity (Wildman–Crippen MR) is 67.6 cm³/mol. The maximum atomic E-state index is 5.63. The van der Waals surface area contributed by atoms with Gasteiger partial charge < -0.3 is 9.73 Å². The van der Waals surface area contributed by atoms with Crippen LogP contribution >= 0.6 is 0 Å². The van der Waals surface area contributed by atoms with E-state index in [1.807, 2.05) is 37.0 Å². The number of aryl methyl sites for hydroxylation is 2. The summed E-state index contributed by atoms with van der Waals surface area (Å²) in [4.78, 5) is 0. The van der Waals surface area contributed by atoms with Gasteiger partial charge in [-0.25, -0.2) is 0 Å². The molecule has 2 aromatic rings. The molecule has 0 fully saturated rings. The largest absolute Gasteiger partial charge is 0.460 e. The number of furan rings is 1. The third kappa shape index (κ3) is 2.77. The van der Waals surface area contributed by atoms with Crippen molar-refractivity contribution in [3.8, 4) is 11.5 Å². The summed E-state index contributed by atoms with van der Waals surface area (Å²) < 4.78 is 7.46. The van der Waals surface area contributed by atoms with Crippen LogP contribution in [-0.2, 0) is 13.6 Å². The average Bonchev–Trinajstić information content (AvgIpc) is 2.85. The minimum absolute atomic E-state index is 0.830. The highest BCUT2D eigenvalue weighted by molar-refractivity contribution is 5.56. The summed E-state index contributed by atoms with van der Waals surface area (Å²) in [5.41, 5.74) is 2.11. The van der Waals surface area contributed by atoms with Crippen LogP contribution in [-0.4, -0.2) is 16.3 Å². The molecule has 0 unspecified atom stereocenters. The molecule has 2 rings (SSSR count). The Kier molecular flexibility index (Phi) is 3.64. The normalized spacial score (nSPS) is 11.0. The molecule has 0 radical (unpaired) electrons. The van der Waals surface area contributed by atoms with Gasteiger partial charge in [-0.3, -0.25) is 4.68 Å². The Morgan fingerprint density at radius 1 is 1.41 bits per heavy atom. The second-order valence-corrected chi connectivity index (χ2v) is 4.26. The molecule has 4 nitrogen and oxygen atoms in total. The molecule has 0 saturated heterocycles. The smallest absolute Gasteiger partial charge is 0.154 e. The van der Waals surface area contributed by atoms with Gasteiger partial charge in [0.2, 0.25) is 0 Å². The van der Waals surface area contributed by atoms with Crippen LogP contribution in [0.4, 0.5) is 0 Å². The van der Waals surface area contributed by atoms with E-state index in [4.69, 9.17) is 4.42 Å². The lowest BCUT2D eigenvalue weighted by Gasteiger charge is -2.01. The van der Waals surface area contributed by atoms with Crippen molar-refractivity contribution < 1.29 is 4.42 Å². The van der Waals surface area contributed by atoms with Crippen LogP contribution in [0.1, 0.15) is 24.7 Å². The Balaban J connectivity index is 2.21. The van der Waals surface area contributed by atoms with E-state index in [1.54, 1.807) is 0 Å². The molecule has 2 heterocycles. The van der Waals surface area contributed by atoms with Crippen LogP contribution in [0.3, 0.4) is 0 Å². The molecule has 92 valence electrons. The summed E-state index contributed by atoms with van der Waals surface area (Å²) in [5, 5.41) is 7.84. The van der Waals surface area contributed by atoms with Crippen molar-refractivity contribution in [2.45, 2.75) is 26.8 Å². The first-order valence-corrected chi connectivity index (χ1v) is 6.00. The van der Waals surface area contributed by atoms with E-state index < -0.39 is 0 Å². The van der Waals surface area contributed by atoms with Crippen molar-refractivity contribution in [3.05, 3.63) is 29.7 Å². The van der Waals surface area contributed by atoms with Gasteiger partial charge in [-0.15, -0.1) is 0 Å². The van der Waals surface area contributed by atoms with Crippen molar-refractivity contribution in [1.82, 2.24) is 15.1 Å². The first-order valence-electron chi connectivity index (χ1n) is 6.00. The average molecular weight is 233 g/mol. The van der Waals surface area contributed by atoms with Gasteiger partial charge >= 0.3 is 0 Å². The van der Waals surface area contributed by atoms with Crippen LogP contribution in [0.5, 0.6) is 0 Å². The molecular formula is C13H19N3O. The fourth-order valence-corrected chi connectivity index (χ4v) is 1.84. The van der Waals surface area contributed by atoms with Gasteiger partial charge in [0.25, 0.3) is 0 Å². The zero-order chi connectivity index (χ0) is 12.3. The molecule has 0 aliphatic rings. The Labute approximate surface area is 102 Å². The van der Waals surface area contributed by atoms with Crippen molar-refractivity contribution in [2.75, 3.05) is 6.54 Å². The van der Waals surface area contributed by atoms with Crippen LogP contribution in [0.25, 0.3) is 11.5 Å². The summed E-state index contributed by atoms with van der Waals surface area (Å²) in [6, 6.07) is 3.94. The van der Waals surface area contributed by atoms with Gasteiger partial charge in [0.05, 0.1) is 0 Å². The van der Waals surface area contributed by atoms with Gasteiger partial charge in [0.1, 0.15) is 11.5 Å². The number of aromatic nitrogens is 2. The molecule has 4 heteroatoms. The molecule has 0 aliphatic heterocycles. The van der Waals surface area contributed by atoms with Crippen molar-refractivity contribution in [2.24, 2.45) is 7.05 Å². The lowest BCUT2D eigenvalue weighted by atomic mass is 10.2. The van der Waals surface area contributed by atoms with Gasteiger partial charge in [-0.2, -0.15) is 5.10 Å². The number of hydrogen-bond donors (Lipinski definition) is 1. The van der Waals surface area contributed by atoms with Gasteiger partial charge in [0, 0.05) is 25.4 Å². The molecule has 0 spiro atoms. The summed E-state index contributed by atoms with van der Waals surface area (Å²) in [6.45, 7) is 5.96. The Morgan fingerprint density at radius 2 is 2.24 bits per heavy atom. The second-order valence-electron chi connectivity index (χ2n) is 4.26. The highest BCUT2D eigenvalue weighted by Gasteiger charge is 2.12. The van der Waals surface area contributed by atoms with E-state index in [0.29, 0.717) is 0 Å². The van der Waals surface area contributed by atoms with Crippen LogP contribution in [0, 0.1) is 6.92 Å². The van der Waals surface area contributed by atoms with E-state index in [2.05, 4.69) is 17.3 Å². The minimum atomic E-state index is 0.830. The van der Waals surface area contributed by atoms with Crippen molar-refractivity contribution in [1.29, 1.82) is 0 Å². The van der Waals surface area contributed by atoms with E-state index in [1.165, 1.54) is 5.56 Å². The monoisotopic (exact) mass is 233 g/mol. The first kappa shape index (κ1) is 11.9. The van der Waals surface area contributed by atoms with Crippen LogP contribution < -0.4 is 5.32 Å². The molecule has 0 atom stereocenters. The molecule has 0 amide bonds. The Hall–Kier alpha value is -1.55. The molecule has 0 saturated carbocycles. The summed E-state index contributed by atoms with van der Waals surface area (Å²) in [7, 11) is 1.93. The predicted octanol–water partition coefficient (Wildman–Crippen LogP) is 2.49. The quantitative estimate of drug-likeness (QED) is 0.807. The summed E-state index contributed by atoms with van der Waals surface area (Å²) >= 11 is 0. The zero-order valence-corrected chi connectivity index (χ0v) is 10.7. The highest BCUT2D eigenvalue weighted by atomic mass is 16.3. The van der Waals surface area contributed by atoms with Crippen molar-refractivity contribution >= 4 is 0 Å². The standard InChI is InChI=1S/C13H19N3O/c1-4-7-14-8-11-9-16(3)15-13(11)12-6-5-10(2)17-12/h5-6,9,14H,4,7-8H2,1-3H3. The summed E-state index contributed by atoms with van der Waals surface area (Å²) in [6.07, 6.45) is 3.17. The van der Waals surface area contributed by atoms with Gasteiger partial charge in [0.15, 0.2) is 5.76 Å². The zero-order valence-electron chi connectivity index (χ0n) is 10.7. The van der Waals surface area contributed by atoms with E-state index in [-0.39, 0.29) is 0 Å². The van der Waals surface area contributed by atoms with Gasteiger partial charge in [-0.1, -0.05) is 6.92 Å². The SMILES string of the molecule is CCCNCc1cn(C)nc1-c1ccc(C)o1. The molecule has 17 heavy (non-hydrogen) atoms. The number of hydrogen-bond acceptors (Lipinski definition) is 3. The fraction of sp³-hybridized carbons (Fsp3) is 0.462. The minimum Gasteiger partial charge on any atom is -0.460 e. The topological polar surface area (TPSA) is 43.0 Å². The van der Waals surface area contributed by atoms with E-state index in [9.17, 15) is 0 Å². The highest BCUT2D eigenvalue weighted by Crippen LogP contribution is 2.23. The molecular weight excluding hydrogens is 214 g/mol. The molecule has 0 bridgehead atoms. The number of nitrogens with zero attached hydrogens (tertiary/aromatic N) is 2. The van der Waals surface area contributed by atoms with E-state index >= 15 is 0 Å². The molecule has 0 aromatic carbocycles. The Morgan fingerprint density at radius 3 is 2.88 bits per heavy atom. The third-order valence-corrected chi connectivity index (χ3v) is 2.62. The Bertz CT molecular complexity index is 485. The number of rotatable bonds is 5. The summed E-state index contributed by atoms with van der Waals surface area (Å²) in [5.74, 6) is 1.76. The molecule has 0 aliphatic carbocycles. The maximum absolute atomic E-state index is 5.63. The lowest BCUT2D eigenvalue weighted by molar-refractivity contribution is 0.544. The molecule has 2 aromatic heterocycles. The second kappa shape index (κ2) is 5.19. The molecule has 1 N–H and O–H groups in total. The first-order chi connectivity index (χ1) is 8.20. The van der Waals surface area contributed by atoms with Crippen molar-refractivity contribution in [3.63, 3.8) is 0 Å². The number of nitrogens with one attached hydrogen (secondary N) is 1. The van der Waals surface area contributed by atoms with Crippen LogP contribution in [0.15, 0.2) is 22.7 Å². The fourth-order valence-electron chi connectivity index (χ4n) is 1.84.